The van der Waals surface area contributed by atoms with Crippen LogP contribution < -0.4 is 5.32 Å². The summed E-state index contributed by atoms with van der Waals surface area (Å²) >= 11 is 5.17. The number of halogens is 1. The zero-order valence-corrected chi connectivity index (χ0v) is 23.5. The second kappa shape index (κ2) is 10.6. The summed E-state index contributed by atoms with van der Waals surface area (Å²) in [6.07, 6.45) is 3.39. The molecule has 0 saturated heterocycles. The maximum atomic E-state index is 13.9. The first kappa shape index (κ1) is 25.3. The van der Waals surface area contributed by atoms with Gasteiger partial charge in [0.2, 0.25) is 0 Å². The summed E-state index contributed by atoms with van der Waals surface area (Å²) in [5.74, 6) is 0.412. The van der Waals surface area contributed by atoms with Gasteiger partial charge in [-0.05, 0) is 56.5 Å². The number of aromatic hydroxyl groups is 1. The van der Waals surface area contributed by atoms with Crippen molar-refractivity contribution in [2.24, 2.45) is 7.05 Å². The number of rotatable bonds is 7. The van der Waals surface area contributed by atoms with Gasteiger partial charge in [0.25, 0.3) is 5.91 Å². The van der Waals surface area contributed by atoms with Gasteiger partial charge in [-0.2, -0.15) is 5.10 Å². The van der Waals surface area contributed by atoms with Gasteiger partial charge >= 0.3 is 0 Å². The molecule has 0 spiro atoms. The van der Waals surface area contributed by atoms with Crippen LogP contribution in [-0.2, 0) is 19.3 Å². The normalized spacial score (nSPS) is 11.3. The average Bonchev–Trinajstić information content (AvgIpc) is 3.48. The van der Waals surface area contributed by atoms with Gasteiger partial charge in [0.1, 0.15) is 5.75 Å². The van der Waals surface area contributed by atoms with Gasteiger partial charge in [0.15, 0.2) is 0 Å². The van der Waals surface area contributed by atoms with Crippen LogP contribution in [0, 0.1) is 0 Å². The largest absolute Gasteiger partial charge is 0.507 e. The highest BCUT2D eigenvalue weighted by atomic mass is 79.9. The molecule has 0 aliphatic carbocycles. The predicted molar refractivity (Wildman–Crippen MR) is 162 cm³/mol. The maximum absolute atomic E-state index is 13.9. The number of hydrogen-bond acceptors (Lipinski definition) is 4. The number of phenols is 1. The Hall–Kier alpha value is -4.01. The van der Waals surface area contributed by atoms with Gasteiger partial charge in [-0.25, -0.2) is 0 Å². The molecular formula is C31H25BrN4O2S. The molecule has 0 radical (unpaired) electrons. The Kier molecular flexibility index (Phi) is 6.89. The number of aromatic nitrogens is 3. The number of benzene rings is 4. The van der Waals surface area contributed by atoms with Crippen LogP contribution in [0.4, 0.5) is 5.69 Å². The molecule has 0 aliphatic heterocycles. The Bertz CT molecular complexity index is 1820. The lowest BCUT2D eigenvalue weighted by molar-refractivity contribution is 0.102. The molecule has 6 nitrogen and oxygen atoms in total. The summed E-state index contributed by atoms with van der Waals surface area (Å²) in [7, 11) is 1.81. The molecule has 39 heavy (non-hydrogen) atoms. The molecule has 4 aromatic carbocycles. The Morgan fingerprint density at radius 1 is 1.00 bits per heavy atom. The van der Waals surface area contributed by atoms with Crippen molar-refractivity contribution in [1.29, 1.82) is 0 Å². The minimum Gasteiger partial charge on any atom is -0.507 e. The second-order valence-corrected chi connectivity index (χ2v) is 11.2. The topological polar surface area (TPSA) is 72.1 Å². The quantitative estimate of drug-likeness (QED) is 0.186. The summed E-state index contributed by atoms with van der Waals surface area (Å²) in [6.45, 7) is 0.569. The lowest BCUT2D eigenvalue weighted by Crippen LogP contribution is -2.15. The van der Waals surface area contributed by atoms with E-state index in [0.29, 0.717) is 33.4 Å². The van der Waals surface area contributed by atoms with Crippen LogP contribution in [0.5, 0.6) is 5.75 Å². The third kappa shape index (κ3) is 5.05. The van der Waals surface area contributed by atoms with Crippen molar-refractivity contribution in [3.8, 4) is 5.75 Å². The monoisotopic (exact) mass is 596 g/mol. The standard InChI is InChI=1S/C31H25BrN4O2S/c1-35-18-22(16-33-35)34-31(38)30-25-14-29(37)26(32)15-27(25)36(28(30)19-39-23-11-3-2-4-12-23)17-21-10-7-9-20-8-5-6-13-24(20)21/h2-16,18,37H,17,19H2,1H3,(H,34,38). The highest BCUT2D eigenvalue weighted by Crippen LogP contribution is 2.38. The smallest absolute Gasteiger partial charge is 0.258 e. The Labute approximate surface area is 238 Å². The number of amides is 1. The summed E-state index contributed by atoms with van der Waals surface area (Å²) in [6, 6.07) is 28.4. The number of carbonyl (C=O) groups excluding carboxylic acids is 1. The van der Waals surface area contributed by atoms with Crippen LogP contribution in [0.3, 0.4) is 0 Å². The molecule has 1 amide bonds. The first-order chi connectivity index (χ1) is 19.0. The summed E-state index contributed by atoms with van der Waals surface area (Å²) < 4.78 is 4.43. The molecular weight excluding hydrogens is 572 g/mol. The van der Waals surface area contributed by atoms with E-state index >= 15 is 0 Å². The highest BCUT2D eigenvalue weighted by Gasteiger charge is 2.25. The number of phenolic OH excluding ortho intramolecular Hbond substituents is 1. The van der Waals surface area contributed by atoms with Crippen molar-refractivity contribution in [3.05, 3.63) is 119 Å². The maximum Gasteiger partial charge on any atom is 0.258 e. The van der Waals surface area contributed by atoms with E-state index in [4.69, 9.17) is 0 Å². The minimum absolute atomic E-state index is 0.0856. The zero-order valence-electron chi connectivity index (χ0n) is 21.1. The van der Waals surface area contributed by atoms with Crippen molar-refractivity contribution in [1.82, 2.24) is 14.3 Å². The SMILES string of the molecule is Cn1cc(NC(=O)c2c(CSc3ccccc3)n(Cc3cccc4ccccc34)c3cc(Br)c(O)cc23)cn1. The molecule has 6 rings (SSSR count). The van der Waals surface area contributed by atoms with Crippen LogP contribution in [0.2, 0.25) is 0 Å². The summed E-state index contributed by atoms with van der Waals surface area (Å²) in [5, 5.41) is 20.9. The molecule has 2 N–H and O–H groups in total. The molecule has 2 heterocycles. The van der Waals surface area contributed by atoms with Crippen molar-refractivity contribution < 1.29 is 9.90 Å². The van der Waals surface area contributed by atoms with Crippen molar-refractivity contribution >= 4 is 61.0 Å². The fourth-order valence-corrected chi connectivity index (χ4v) is 6.23. The van der Waals surface area contributed by atoms with Gasteiger partial charge in [-0.15, -0.1) is 11.8 Å². The first-order valence-electron chi connectivity index (χ1n) is 12.5. The van der Waals surface area contributed by atoms with Crippen LogP contribution in [-0.4, -0.2) is 25.4 Å². The molecule has 0 saturated carbocycles. The van der Waals surface area contributed by atoms with E-state index in [0.717, 1.165) is 21.7 Å². The number of thioether (sulfide) groups is 1. The third-order valence-corrected chi connectivity index (χ3v) is 8.42. The zero-order chi connectivity index (χ0) is 26.9. The lowest BCUT2D eigenvalue weighted by Gasteiger charge is -2.14. The molecule has 6 aromatic rings. The molecule has 0 atom stereocenters. The fraction of sp³-hybridized carbons (Fsp3) is 0.0968. The Morgan fingerprint density at radius 2 is 1.77 bits per heavy atom. The van der Waals surface area contributed by atoms with E-state index in [9.17, 15) is 9.90 Å². The summed E-state index contributed by atoms with van der Waals surface area (Å²) in [4.78, 5) is 15.0. The number of fused-ring (bicyclic) bond motifs is 2. The van der Waals surface area contributed by atoms with E-state index in [1.807, 2.05) is 43.4 Å². The highest BCUT2D eigenvalue weighted by molar-refractivity contribution is 9.10. The van der Waals surface area contributed by atoms with Gasteiger partial charge in [0.05, 0.1) is 27.4 Å². The second-order valence-electron chi connectivity index (χ2n) is 9.33. The molecule has 0 fully saturated rings. The fourth-order valence-electron chi connectivity index (χ4n) is 4.94. The predicted octanol–water partition coefficient (Wildman–Crippen LogP) is 7.59. The third-order valence-electron chi connectivity index (χ3n) is 6.76. The Morgan fingerprint density at radius 3 is 2.56 bits per heavy atom. The molecule has 0 unspecified atom stereocenters. The van der Waals surface area contributed by atoms with E-state index in [2.05, 4.69) is 73.4 Å². The number of hydrogen-bond donors (Lipinski definition) is 2. The number of nitrogens with zero attached hydrogens (tertiary/aromatic N) is 3. The summed E-state index contributed by atoms with van der Waals surface area (Å²) in [5.41, 5.74) is 4.05. The van der Waals surface area contributed by atoms with Crippen molar-refractivity contribution in [2.45, 2.75) is 17.2 Å². The molecule has 194 valence electrons. The van der Waals surface area contributed by atoms with Crippen molar-refractivity contribution in [3.63, 3.8) is 0 Å². The van der Waals surface area contributed by atoms with Gasteiger partial charge in [-0.1, -0.05) is 60.7 Å². The van der Waals surface area contributed by atoms with Crippen LogP contribution >= 0.6 is 27.7 Å². The van der Waals surface area contributed by atoms with Crippen LogP contribution in [0.15, 0.2) is 107 Å². The van der Waals surface area contributed by atoms with E-state index in [1.165, 1.54) is 10.8 Å². The number of anilines is 1. The molecule has 0 aliphatic rings. The first-order valence-corrected chi connectivity index (χ1v) is 14.2. The number of aryl methyl sites for hydroxylation is 1. The van der Waals surface area contributed by atoms with Gasteiger partial charge < -0.3 is 15.0 Å². The van der Waals surface area contributed by atoms with Crippen molar-refractivity contribution in [2.75, 3.05) is 5.32 Å². The number of carbonyl (C=O) groups is 1. The Balaban J connectivity index is 1.54. The number of nitrogens with one attached hydrogen (secondary N) is 1. The molecule has 0 bridgehead atoms. The van der Waals surface area contributed by atoms with Crippen LogP contribution in [0.1, 0.15) is 21.6 Å². The van der Waals surface area contributed by atoms with Gasteiger partial charge in [-0.3, -0.25) is 9.48 Å². The minimum atomic E-state index is -0.241. The lowest BCUT2D eigenvalue weighted by atomic mass is 10.0. The van der Waals surface area contributed by atoms with Gasteiger partial charge in [0, 0.05) is 41.5 Å². The van der Waals surface area contributed by atoms with E-state index in [-0.39, 0.29) is 11.7 Å². The van der Waals surface area contributed by atoms with E-state index < -0.39 is 0 Å². The molecule has 2 aromatic heterocycles. The van der Waals surface area contributed by atoms with E-state index in [1.54, 1.807) is 34.9 Å². The average molecular weight is 598 g/mol. The molecule has 8 heteroatoms. The van der Waals surface area contributed by atoms with Crippen LogP contribution in [0.25, 0.3) is 21.7 Å².